The molecule has 2 aromatic rings. The molecule has 0 aromatic heterocycles. The average molecular weight is 269 g/mol. The van der Waals surface area contributed by atoms with Crippen LogP contribution in [0.1, 0.15) is 17.2 Å². The molecule has 0 spiro atoms. The Bertz CT molecular complexity index is 578. The predicted octanol–water partition coefficient (Wildman–Crippen LogP) is 3.49. The van der Waals surface area contributed by atoms with Gasteiger partial charge >= 0.3 is 0 Å². The van der Waals surface area contributed by atoms with Crippen molar-refractivity contribution in [2.24, 2.45) is 5.73 Å². The van der Waals surface area contributed by atoms with Gasteiger partial charge in [-0.25, -0.2) is 17.6 Å². The quantitative estimate of drug-likeness (QED) is 0.848. The Morgan fingerprint density at radius 1 is 0.842 bits per heavy atom. The summed E-state index contributed by atoms with van der Waals surface area (Å²) in [5.41, 5.74) is 6.52. The van der Waals surface area contributed by atoms with Gasteiger partial charge < -0.3 is 5.73 Å². The normalized spacial score (nSPS) is 12.5. The van der Waals surface area contributed by atoms with Crippen LogP contribution in [0.25, 0.3) is 0 Å². The summed E-state index contributed by atoms with van der Waals surface area (Å²) in [6.07, 6.45) is 0.153. The van der Waals surface area contributed by atoms with Crippen LogP contribution in [0.2, 0.25) is 0 Å². The maximum Gasteiger partial charge on any atom is 0.159 e. The van der Waals surface area contributed by atoms with Gasteiger partial charge in [0.1, 0.15) is 11.6 Å². The van der Waals surface area contributed by atoms with E-state index in [-0.39, 0.29) is 12.0 Å². The van der Waals surface area contributed by atoms with E-state index in [1.54, 1.807) is 0 Å². The minimum atomic E-state index is -0.977. The molecule has 5 heteroatoms. The Labute approximate surface area is 107 Å². The van der Waals surface area contributed by atoms with Gasteiger partial charge in [-0.05, 0) is 41.8 Å². The summed E-state index contributed by atoms with van der Waals surface area (Å²) in [6, 6.07) is 5.67. The van der Waals surface area contributed by atoms with E-state index in [0.717, 1.165) is 30.3 Å². The molecule has 19 heavy (non-hydrogen) atoms. The van der Waals surface area contributed by atoms with Crippen LogP contribution in [0.4, 0.5) is 17.6 Å². The zero-order chi connectivity index (χ0) is 14.0. The highest BCUT2D eigenvalue weighted by molar-refractivity contribution is 5.25. The lowest BCUT2D eigenvalue weighted by Crippen LogP contribution is -2.14. The fourth-order valence-electron chi connectivity index (χ4n) is 1.83. The van der Waals surface area contributed by atoms with Crippen LogP contribution in [0.15, 0.2) is 36.4 Å². The molecule has 0 aliphatic rings. The Hall–Kier alpha value is -1.88. The highest BCUT2D eigenvalue weighted by Crippen LogP contribution is 2.19. The molecule has 100 valence electrons. The summed E-state index contributed by atoms with van der Waals surface area (Å²) in [7, 11) is 0. The van der Waals surface area contributed by atoms with Gasteiger partial charge in [0.25, 0.3) is 0 Å². The second-order valence-electron chi connectivity index (χ2n) is 4.26. The number of benzene rings is 2. The SMILES string of the molecule is NC(Cc1ccc(F)c(F)c1)c1cc(F)cc(F)c1. The lowest BCUT2D eigenvalue weighted by atomic mass is 9.99. The van der Waals surface area contributed by atoms with Crippen molar-refractivity contribution in [1.82, 2.24) is 0 Å². The van der Waals surface area contributed by atoms with Gasteiger partial charge in [-0.1, -0.05) is 6.07 Å². The average Bonchev–Trinajstić information content (AvgIpc) is 2.32. The molecule has 0 heterocycles. The molecule has 2 N–H and O–H groups in total. The molecule has 0 aliphatic carbocycles. The van der Waals surface area contributed by atoms with Gasteiger partial charge in [-0.3, -0.25) is 0 Å². The largest absolute Gasteiger partial charge is 0.324 e. The zero-order valence-corrected chi connectivity index (χ0v) is 9.84. The van der Waals surface area contributed by atoms with Crippen LogP contribution < -0.4 is 5.73 Å². The van der Waals surface area contributed by atoms with Gasteiger partial charge in [-0.15, -0.1) is 0 Å². The smallest absolute Gasteiger partial charge is 0.159 e. The Morgan fingerprint density at radius 3 is 2.05 bits per heavy atom. The third-order valence-electron chi connectivity index (χ3n) is 2.75. The third kappa shape index (κ3) is 3.32. The van der Waals surface area contributed by atoms with Crippen molar-refractivity contribution < 1.29 is 17.6 Å². The fourth-order valence-corrected chi connectivity index (χ4v) is 1.83. The van der Waals surface area contributed by atoms with Crippen molar-refractivity contribution in [3.63, 3.8) is 0 Å². The van der Waals surface area contributed by atoms with E-state index in [2.05, 4.69) is 0 Å². The molecule has 0 fully saturated rings. The maximum absolute atomic E-state index is 13.0. The van der Waals surface area contributed by atoms with E-state index in [1.807, 2.05) is 0 Å². The first-order valence-corrected chi connectivity index (χ1v) is 5.61. The fraction of sp³-hybridized carbons (Fsp3) is 0.143. The van der Waals surface area contributed by atoms with E-state index < -0.39 is 29.3 Å². The molecule has 0 saturated heterocycles. The lowest BCUT2D eigenvalue weighted by Gasteiger charge is -2.12. The monoisotopic (exact) mass is 269 g/mol. The Kier molecular flexibility index (Phi) is 3.85. The number of hydrogen-bond donors (Lipinski definition) is 1. The first-order chi connectivity index (χ1) is 8.95. The summed E-state index contributed by atoms with van der Waals surface area (Å²) in [5.74, 6) is -3.38. The second-order valence-corrected chi connectivity index (χ2v) is 4.26. The summed E-state index contributed by atoms with van der Waals surface area (Å²) in [4.78, 5) is 0. The van der Waals surface area contributed by atoms with E-state index in [9.17, 15) is 17.6 Å². The third-order valence-corrected chi connectivity index (χ3v) is 2.75. The molecule has 0 saturated carbocycles. The summed E-state index contributed by atoms with van der Waals surface area (Å²) in [5, 5.41) is 0. The van der Waals surface area contributed by atoms with Gasteiger partial charge in [-0.2, -0.15) is 0 Å². The van der Waals surface area contributed by atoms with E-state index in [0.29, 0.717) is 5.56 Å². The van der Waals surface area contributed by atoms with Crippen molar-refractivity contribution >= 4 is 0 Å². The highest BCUT2D eigenvalue weighted by Gasteiger charge is 2.11. The van der Waals surface area contributed by atoms with E-state index in [4.69, 9.17) is 5.73 Å². The van der Waals surface area contributed by atoms with Crippen LogP contribution in [0, 0.1) is 23.3 Å². The lowest BCUT2D eigenvalue weighted by molar-refractivity contribution is 0.506. The molecule has 1 nitrogen and oxygen atoms in total. The number of hydrogen-bond acceptors (Lipinski definition) is 1. The summed E-state index contributed by atoms with van der Waals surface area (Å²) < 4.78 is 51.9. The van der Waals surface area contributed by atoms with Gasteiger partial charge in [0.2, 0.25) is 0 Å². The molecule has 2 aromatic carbocycles. The van der Waals surface area contributed by atoms with Gasteiger partial charge in [0.05, 0.1) is 0 Å². The predicted molar refractivity (Wildman–Crippen MR) is 63.3 cm³/mol. The Morgan fingerprint density at radius 2 is 1.47 bits per heavy atom. The molecule has 1 unspecified atom stereocenters. The molecular weight excluding hydrogens is 258 g/mol. The molecular formula is C14H11F4N. The van der Waals surface area contributed by atoms with Crippen LogP contribution in [-0.2, 0) is 6.42 Å². The number of rotatable bonds is 3. The maximum atomic E-state index is 13.0. The van der Waals surface area contributed by atoms with Crippen molar-refractivity contribution in [2.75, 3.05) is 0 Å². The van der Waals surface area contributed by atoms with Crippen LogP contribution in [0.3, 0.4) is 0 Å². The van der Waals surface area contributed by atoms with Crippen LogP contribution in [0.5, 0.6) is 0 Å². The highest BCUT2D eigenvalue weighted by atomic mass is 19.2. The van der Waals surface area contributed by atoms with Gasteiger partial charge in [0, 0.05) is 12.1 Å². The molecule has 0 amide bonds. The molecule has 0 radical (unpaired) electrons. The molecule has 0 aliphatic heterocycles. The molecule has 1 atom stereocenters. The van der Waals surface area contributed by atoms with Gasteiger partial charge in [0.15, 0.2) is 11.6 Å². The minimum absolute atomic E-state index is 0.153. The van der Waals surface area contributed by atoms with Crippen molar-refractivity contribution in [2.45, 2.75) is 12.5 Å². The first kappa shape index (κ1) is 13.5. The van der Waals surface area contributed by atoms with E-state index in [1.165, 1.54) is 6.07 Å². The van der Waals surface area contributed by atoms with Crippen molar-refractivity contribution in [1.29, 1.82) is 0 Å². The number of nitrogens with two attached hydrogens (primary N) is 1. The van der Waals surface area contributed by atoms with Crippen molar-refractivity contribution in [3.05, 3.63) is 70.8 Å². The van der Waals surface area contributed by atoms with Crippen molar-refractivity contribution in [3.8, 4) is 0 Å². The molecule has 2 rings (SSSR count). The summed E-state index contributed by atoms with van der Waals surface area (Å²) in [6.45, 7) is 0. The number of halogens is 4. The standard InChI is InChI=1S/C14H11F4N/c15-10-5-9(6-11(16)7-10)14(19)4-8-1-2-12(17)13(18)3-8/h1-3,5-7,14H,4,19H2. The minimum Gasteiger partial charge on any atom is -0.324 e. The molecule has 0 bridgehead atoms. The topological polar surface area (TPSA) is 26.0 Å². The van der Waals surface area contributed by atoms with Crippen LogP contribution >= 0.6 is 0 Å². The van der Waals surface area contributed by atoms with E-state index >= 15 is 0 Å². The Balaban J connectivity index is 2.20. The second kappa shape index (κ2) is 5.40. The summed E-state index contributed by atoms with van der Waals surface area (Å²) >= 11 is 0. The zero-order valence-electron chi connectivity index (χ0n) is 9.84. The van der Waals surface area contributed by atoms with Crippen LogP contribution in [-0.4, -0.2) is 0 Å². The first-order valence-electron chi connectivity index (χ1n) is 5.61.